The number of nitrogens with two attached hydrogens (primary N) is 1. The van der Waals surface area contributed by atoms with Gasteiger partial charge in [-0.25, -0.2) is 0 Å². The molecule has 0 aliphatic heterocycles. The van der Waals surface area contributed by atoms with Gasteiger partial charge in [0.05, 0.1) is 6.61 Å². The van der Waals surface area contributed by atoms with Crippen molar-refractivity contribution in [2.24, 2.45) is 11.7 Å². The summed E-state index contributed by atoms with van der Waals surface area (Å²) < 4.78 is 91.1. The Hall–Kier alpha value is -0.270. The zero-order chi connectivity index (χ0) is 15.0. The predicted octanol–water partition coefficient (Wildman–Crippen LogP) is 3.35. The van der Waals surface area contributed by atoms with Crippen LogP contribution in [0.15, 0.2) is 0 Å². The summed E-state index contributed by atoms with van der Waals surface area (Å²) in [6.07, 6.45) is -11.8. The number of alkyl halides is 6. The first-order valence-electron chi connectivity index (χ1n) is 4.81. The fourth-order valence-corrected chi connectivity index (χ4v) is 2.72. The van der Waals surface area contributed by atoms with Gasteiger partial charge in [0.1, 0.15) is 0 Å². The maximum absolute atomic E-state index is 12.5. The summed E-state index contributed by atoms with van der Waals surface area (Å²) in [5, 5.41) is -4.86. The minimum absolute atomic E-state index is 0.246. The summed E-state index contributed by atoms with van der Waals surface area (Å²) >= 11 is 0. The summed E-state index contributed by atoms with van der Waals surface area (Å²) in [7, 11) is -5.18. The summed E-state index contributed by atoms with van der Waals surface area (Å²) in [5.74, 6) is -0.385. The average molecular weight is 301 g/mol. The second-order valence-corrected chi connectivity index (χ2v) is 6.95. The second-order valence-electron chi connectivity index (χ2n) is 4.30. The van der Waals surface area contributed by atoms with Gasteiger partial charge in [-0.3, -0.25) is 4.57 Å². The Balaban J connectivity index is 5.55. The molecule has 10 heteroatoms. The fraction of sp³-hybridized carbons (Fsp3) is 1.00. The fourth-order valence-electron chi connectivity index (χ4n) is 1.01. The molecular weight excluding hydrogens is 287 g/mol. The van der Waals surface area contributed by atoms with Crippen molar-refractivity contribution in [2.45, 2.75) is 31.5 Å². The third-order valence-corrected chi connectivity index (χ3v) is 4.59. The van der Waals surface area contributed by atoms with Crippen LogP contribution in [0.1, 0.15) is 13.8 Å². The topological polar surface area (TPSA) is 52.3 Å². The van der Waals surface area contributed by atoms with Gasteiger partial charge in [0.2, 0.25) is 7.37 Å². The van der Waals surface area contributed by atoms with E-state index in [1.807, 2.05) is 0 Å². The molecule has 3 nitrogen and oxygen atoms in total. The molecular formula is C8H14F6NO2P. The van der Waals surface area contributed by atoms with Gasteiger partial charge in [0.15, 0.2) is 0 Å². The van der Waals surface area contributed by atoms with Crippen molar-refractivity contribution < 1.29 is 35.4 Å². The maximum Gasteiger partial charge on any atom is 0.424 e. The molecule has 0 aromatic heterocycles. The molecule has 1 unspecified atom stereocenters. The van der Waals surface area contributed by atoms with Gasteiger partial charge in [-0.1, -0.05) is 13.8 Å². The summed E-state index contributed by atoms with van der Waals surface area (Å²) in [4.78, 5) is 0. The first-order chi connectivity index (χ1) is 7.67. The van der Waals surface area contributed by atoms with Crippen LogP contribution in [0, 0.1) is 5.92 Å². The van der Waals surface area contributed by atoms with Crippen LogP contribution in [0.4, 0.5) is 26.3 Å². The third-order valence-electron chi connectivity index (χ3n) is 2.16. The highest BCUT2D eigenvalue weighted by Crippen LogP contribution is 2.65. The van der Waals surface area contributed by atoms with Crippen molar-refractivity contribution in [3.63, 3.8) is 0 Å². The van der Waals surface area contributed by atoms with Gasteiger partial charge in [-0.05, 0) is 5.92 Å². The van der Waals surface area contributed by atoms with E-state index in [0.29, 0.717) is 0 Å². The van der Waals surface area contributed by atoms with Gasteiger partial charge in [0, 0.05) is 6.66 Å². The molecule has 0 rings (SSSR count). The van der Waals surface area contributed by atoms with E-state index in [0.717, 1.165) is 0 Å². The van der Waals surface area contributed by atoms with Gasteiger partial charge in [0.25, 0.3) is 5.28 Å². The number of rotatable bonds is 4. The molecule has 0 saturated carbocycles. The predicted molar refractivity (Wildman–Crippen MR) is 53.3 cm³/mol. The maximum atomic E-state index is 12.5. The molecule has 0 aromatic rings. The quantitative estimate of drug-likeness (QED) is 0.640. The number of hydrogen-bond acceptors (Lipinski definition) is 3. The van der Waals surface area contributed by atoms with Gasteiger partial charge in [-0.2, -0.15) is 26.3 Å². The van der Waals surface area contributed by atoms with Crippen molar-refractivity contribution in [1.29, 1.82) is 0 Å². The lowest BCUT2D eigenvalue weighted by molar-refractivity contribution is -0.269. The van der Waals surface area contributed by atoms with Crippen molar-refractivity contribution in [2.75, 3.05) is 13.3 Å². The SMILES string of the molecule is CC(C)COP(C)(=O)C(N)(C(F)(F)F)C(F)(F)F. The highest BCUT2D eigenvalue weighted by molar-refractivity contribution is 7.60. The lowest BCUT2D eigenvalue weighted by atomic mass is 10.2. The Labute approximate surface area is 100 Å². The van der Waals surface area contributed by atoms with Crippen LogP contribution in [-0.2, 0) is 9.09 Å². The molecule has 0 bridgehead atoms. The first-order valence-corrected chi connectivity index (χ1v) is 6.88. The smallest absolute Gasteiger partial charge is 0.327 e. The van der Waals surface area contributed by atoms with Crippen molar-refractivity contribution in [3.05, 3.63) is 0 Å². The molecule has 0 amide bonds. The van der Waals surface area contributed by atoms with E-state index in [9.17, 15) is 30.9 Å². The van der Waals surface area contributed by atoms with Crippen LogP contribution in [0.2, 0.25) is 0 Å². The van der Waals surface area contributed by atoms with Gasteiger partial charge in [-0.15, -0.1) is 0 Å². The largest absolute Gasteiger partial charge is 0.424 e. The summed E-state index contributed by atoms with van der Waals surface area (Å²) in [5.41, 5.74) is 4.38. The molecule has 0 aliphatic carbocycles. The highest BCUT2D eigenvalue weighted by Gasteiger charge is 2.77. The normalized spacial score (nSPS) is 17.9. The Morgan fingerprint density at radius 3 is 1.67 bits per heavy atom. The zero-order valence-corrected chi connectivity index (χ0v) is 10.8. The van der Waals surface area contributed by atoms with Crippen LogP contribution < -0.4 is 5.73 Å². The Morgan fingerprint density at radius 2 is 1.44 bits per heavy atom. The average Bonchev–Trinajstić information content (AvgIpc) is 2.09. The summed E-state index contributed by atoms with van der Waals surface area (Å²) in [6, 6.07) is 0. The molecule has 2 N–H and O–H groups in total. The number of halogens is 6. The third kappa shape index (κ3) is 3.19. The Kier molecular flexibility index (Phi) is 4.94. The molecule has 0 fully saturated rings. The second kappa shape index (κ2) is 5.02. The van der Waals surface area contributed by atoms with E-state index < -0.39 is 31.6 Å². The molecule has 1 atom stereocenters. The van der Waals surface area contributed by atoms with Crippen LogP contribution >= 0.6 is 7.37 Å². The molecule has 18 heavy (non-hydrogen) atoms. The lowest BCUT2D eigenvalue weighted by Crippen LogP contribution is -2.63. The van der Waals surface area contributed by atoms with Gasteiger partial charge >= 0.3 is 12.4 Å². The van der Waals surface area contributed by atoms with Crippen LogP contribution in [0.5, 0.6) is 0 Å². The van der Waals surface area contributed by atoms with Crippen LogP contribution in [0.25, 0.3) is 0 Å². The highest BCUT2D eigenvalue weighted by atomic mass is 31.2. The number of hydrogen-bond donors (Lipinski definition) is 1. The molecule has 0 heterocycles. The van der Waals surface area contributed by atoms with E-state index in [1.54, 1.807) is 0 Å². The monoisotopic (exact) mass is 301 g/mol. The molecule has 0 aromatic carbocycles. The van der Waals surface area contributed by atoms with E-state index in [4.69, 9.17) is 0 Å². The van der Waals surface area contributed by atoms with E-state index in [1.165, 1.54) is 13.8 Å². The summed E-state index contributed by atoms with van der Waals surface area (Å²) in [6.45, 7) is 2.70. The van der Waals surface area contributed by atoms with E-state index >= 15 is 0 Å². The minimum Gasteiger partial charge on any atom is -0.327 e. The molecule has 110 valence electrons. The lowest BCUT2D eigenvalue weighted by Gasteiger charge is -2.37. The first kappa shape index (κ1) is 17.7. The van der Waals surface area contributed by atoms with Crippen molar-refractivity contribution in [1.82, 2.24) is 0 Å². The minimum atomic E-state index is -5.92. The molecule has 0 aliphatic rings. The Bertz CT molecular complexity index is 323. The standard InChI is InChI=1S/C8H14F6NO2P/c1-5(2)4-17-18(3,16)6(15,7(9,10)11)8(12,13)14/h5H,4,15H2,1-3H3. The Morgan fingerprint density at radius 1 is 1.11 bits per heavy atom. The van der Waals surface area contributed by atoms with E-state index in [-0.39, 0.29) is 12.6 Å². The van der Waals surface area contributed by atoms with Crippen molar-refractivity contribution in [3.8, 4) is 0 Å². The van der Waals surface area contributed by atoms with E-state index in [2.05, 4.69) is 10.3 Å². The zero-order valence-electron chi connectivity index (χ0n) is 9.89. The van der Waals surface area contributed by atoms with Crippen molar-refractivity contribution >= 4 is 7.37 Å². The molecule has 0 spiro atoms. The molecule has 0 radical (unpaired) electrons. The molecule has 0 saturated heterocycles. The van der Waals surface area contributed by atoms with Crippen LogP contribution in [0.3, 0.4) is 0 Å². The van der Waals surface area contributed by atoms with Gasteiger partial charge < -0.3 is 10.3 Å². The van der Waals surface area contributed by atoms with Crippen LogP contribution in [-0.4, -0.2) is 30.9 Å².